The van der Waals surface area contributed by atoms with E-state index in [1.54, 1.807) is 17.8 Å². The van der Waals surface area contributed by atoms with Gasteiger partial charge in [-0.3, -0.25) is 4.99 Å². The van der Waals surface area contributed by atoms with E-state index < -0.39 is 0 Å². The molecule has 0 spiro atoms. The number of fused-ring (bicyclic) bond motifs is 1. The van der Waals surface area contributed by atoms with Crippen LogP contribution in [-0.4, -0.2) is 30.6 Å². The van der Waals surface area contributed by atoms with E-state index in [0.717, 1.165) is 38.8 Å². The lowest BCUT2D eigenvalue weighted by Gasteiger charge is -2.18. The second kappa shape index (κ2) is 7.99. The molecule has 0 atom stereocenters. The van der Waals surface area contributed by atoms with Crippen LogP contribution in [0, 0.1) is 0 Å². The summed E-state index contributed by atoms with van der Waals surface area (Å²) in [6.07, 6.45) is 0. The smallest absolute Gasteiger partial charge is 0.205 e. The van der Waals surface area contributed by atoms with E-state index in [1.165, 1.54) is 11.3 Å². The van der Waals surface area contributed by atoms with Crippen molar-refractivity contribution in [1.29, 1.82) is 0 Å². The van der Waals surface area contributed by atoms with Crippen molar-refractivity contribution in [3.05, 3.63) is 62.2 Å². The first-order chi connectivity index (χ1) is 13.6. The van der Waals surface area contributed by atoms with E-state index in [4.69, 9.17) is 37.8 Å². The molecule has 0 amide bonds. The number of benzene rings is 2. The Morgan fingerprint density at radius 2 is 1.86 bits per heavy atom. The Bertz CT molecular complexity index is 1130. The maximum atomic E-state index is 6.42. The summed E-state index contributed by atoms with van der Waals surface area (Å²) < 4.78 is 13.1. The zero-order valence-corrected chi connectivity index (χ0v) is 17.6. The van der Waals surface area contributed by atoms with E-state index in [2.05, 4.69) is 4.99 Å². The van der Waals surface area contributed by atoms with Gasteiger partial charge in [0.15, 0.2) is 11.5 Å². The predicted octanol–water partition coefficient (Wildman–Crippen LogP) is 5.10. The van der Waals surface area contributed by atoms with Gasteiger partial charge in [-0.2, -0.15) is 5.10 Å². The molecule has 3 aromatic rings. The van der Waals surface area contributed by atoms with Crippen molar-refractivity contribution < 1.29 is 9.47 Å². The fourth-order valence-electron chi connectivity index (χ4n) is 2.91. The SMILES string of the molecule is CN=c1scc(-c2ccc(Cl)cc2Cl)n1N=C(C)c1ccc2c(c1)OCCO2. The van der Waals surface area contributed by atoms with Crippen molar-refractivity contribution in [1.82, 2.24) is 4.68 Å². The first-order valence-corrected chi connectivity index (χ1v) is 10.2. The largest absolute Gasteiger partial charge is 0.486 e. The Hall–Kier alpha value is -2.28. The third-order valence-corrected chi connectivity index (χ3v) is 5.75. The van der Waals surface area contributed by atoms with E-state index in [1.807, 2.05) is 42.6 Å². The van der Waals surface area contributed by atoms with Crippen LogP contribution in [-0.2, 0) is 0 Å². The predicted molar refractivity (Wildman–Crippen MR) is 114 cm³/mol. The Kier molecular flexibility index (Phi) is 5.44. The van der Waals surface area contributed by atoms with Gasteiger partial charge in [0.05, 0.1) is 16.4 Å². The number of hydrogen-bond donors (Lipinski definition) is 0. The minimum atomic E-state index is 0.546. The van der Waals surface area contributed by atoms with Crippen molar-refractivity contribution >= 4 is 40.3 Å². The van der Waals surface area contributed by atoms with Gasteiger partial charge in [-0.25, -0.2) is 4.68 Å². The monoisotopic (exact) mass is 433 g/mol. The van der Waals surface area contributed by atoms with Crippen molar-refractivity contribution in [2.24, 2.45) is 10.1 Å². The highest BCUT2D eigenvalue weighted by molar-refractivity contribution is 7.07. The first kappa shape index (κ1) is 19.1. The number of thiazole rings is 1. The molecule has 4 rings (SSSR count). The highest BCUT2D eigenvalue weighted by Gasteiger charge is 2.15. The van der Waals surface area contributed by atoms with Crippen LogP contribution >= 0.6 is 34.5 Å². The number of ether oxygens (including phenoxy) is 2. The molecule has 0 bridgehead atoms. The molecule has 28 heavy (non-hydrogen) atoms. The normalized spacial score (nSPS) is 14.4. The third-order valence-electron chi connectivity index (χ3n) is 4.29. The van der Waals surface area contributed by atoms with E-state index in [0.29, 0.717) is 23.3 Å². The molecule has 0 unspecified atom stereocenters. The highest BCUT2D eigenvalue weighted by atomic mass is 35.5. The zero-order chi connectivity index (χ0) is 19.7. The average molecular weight is 434 g/mol. The molecule has 8 heteroatoms. The molecule has 1 aliphatic heterocycles. The van der Waals surface area contributed by atoms with Crippen LogP contribution < -0.4 is 14.3 Å². The van der Waals surface area contributed by atoms with E-state index >= 15 is 0 Å². The van der Waals surface area contributed by atoms with Gasteiger partial charge in [0.2, 0.25) is 4.80 Å². The molecule has 0 saturated heterocycles. The molecule has 0 aliphatic carbocycles. The van der Waals surface area contributed by atoms with Crippen molar-refractivity contribution in [3.8, 4) is 22.8 Å². The maximum Gasteiger partial charge on any atom is 0.205 e. The summed E-state index contributed by atoms with van der Waals surface area (Å²) in [5, 5.41) is 7.95. The van der Waals surface area contributed by atoms with Gasteiger partial charge in [0.1, 0.15) is 13.2 Å². The summed E-state index contributed by atoms with van der Waals surface area (Å²) in [7, 11) is 1.74. The molecule has 1 aromatic heterocycles. The molecule has 0 fully saturated rings. The summed E-state index contributed by atoms with van der Waals surface area (Å²) in [6, 6.07) is 11.2. The average Bonchev–Trinajstić information content (AvgIpc) is 3.10. The molecule has 1 aliphatic rings. The van der Waals surface area contributed by atoms with Gasteiger partial charge in [-0.15, -0.1) is 11.3 Å². The summed E-state index contributed by atoms with van der Waals surface area (Å²) in [5.41, 5.74) is 3.45. The van der Waals surface area contributed by atoms with Gasteiger partial charge in [-0.05, 0) is 43.3 Å². The Balaban J connectivity index is 1.80. The lowest BCUT2D eigenvalue weighted by Crippen LogP contribution is -2.16. The van der Waals surface area contributed by atoms with Crippen LogP contribution in [0.2, 0.25) is 10.0 Å². The molecule has 2 aromatic carbocycles. The summed E-state index contributed by atoms with van der Waals surface area (Å²) in [4.78, 5) is 5.10. The summed E-state index contributed by atoms with van der Waals surface area (Å²) >= 11 is 14.0. The number of rotatable bonds is 3. The van der Waals surface area contributed by atoms with Crippen LogP contribution in [0.4, 0.5) is 0 Å². The van der Waals surface area contributed by atoms with Crippen LogP contribution in [0.25, 0.3) is 11.3 Å². The molecule has 2 heterocycles. The van der Waals surface area contributed by atoms with Crippen LogP contribution in [0.3, 0.4) is 0 Å². The molecule has 5 nitrogen and oxygen atoms in total. The van der Waals surface area contributed by atoms with Gasteiger partial charge in [0, 0.05) is 28.6 Å². The second-order valence-electron chi connectivity index (χ2n) is 6.11. The second-order valence-corrected chi connectivity index (χ2v) is 7.79. The standard InChI is InChI=1S/C20H17Cl2N3O2S/c1-12(13-3-6-18-19(9-13)27-8-7-26-18)24-25-17(11-28-20(25)23-2)15-5-4-14(21)10-16(15)22/h3-6,9-11H,7-8H2,1-2H3. The van der Waals surface area contributed by atoms with Crippen molar-refractivity contribution in [2.75, 3.05) is 20.3 Å². The van der Waals surface area contributed by atoms with Gasteiger partial charge < -0.3 is 9.47 Å². The van der Waals surface area contributed by atoms with Gasteiger partial charge >= 0.3 is 0 Å². The molecule has 0 saturated carbocycles. The molecular formula is C20H17Cl2N3O2S. The number of aromatic nitrogens is 1. The van der Waals surface area contributed by atoms with Crippen LogP contribution in [0.15, 0.2) is 51.9 Å². The lowest BCUT2D eigenvalue weighted by atomic mass is 10.1. The van der Waals surface area contributed by atoms with Gasteiger partial charge in [-0.1, -0.05) is 23.2 Å². The number of halogens is 2. The first-order valence-electron chi connectivity index (χ1n) is 8.61. The lowest BCUT2D eigenvalue weighted by molar-refractivity contribution is 0.171. The number of hydrogen-bond acceptors (Lipinski definition) is 5. The van der Waals surface area contributed by atoms with Gasteiger partial charge in [0.25, 0.3) is 0 Å². The molecule has 0 N–H and O–H groups in total. The number of nitrogens with zero attached hydrogens (tertiary/aromatic N) is 3. The fraction of sp³-hybridized carbons (Fsp3) is 0.200. The minimum Gasteiger partial charge on any atom is -0.486 e. The van der Waals surface area contributed by atoms with Crippen molar-refractivity contribution in [2.45, 2.75) is 6.92 Å². The zero-order valence-electron chi connectivity index (χ0n) is 15.3. The Morgan fingerprint density at radius 1 is 1.07 bits per heavy atom. The molecule has 0 radical (unpaired) electrons. The third kappa shape index (κ3) is 3.68. The van der Waals surface area contributed by atoms with Crippen LogP contribution in [0.5, 0.6) is 11.5 Å². The molecular weight excluding hydrogens is 417 g/mol. The van der Waals surface area contributed by atoms with Crippen molar-refractivity contribution in [3.63, 3.8) is 0 Å². The Labute approximate surface area is 176 Å². The highest BCUT2D eigenvalue weighted by Crippen LogP contribution is 2.32. The van der Waals surface area contributed by atoms with Crippen LogP contribution in [0.1, 0.15) is 12.5 Å². The minimum absolute atomic E-state index is 0.546. The quantitative estimate of drug-likeness (QED) is 0.539. The Morgan fingerprint density at radius 3 is 2.61 bits per heavy atom. The maximum absolute atomic E-state index is 6.42. The topological polar surface area (TPSA) is 48.1 Å². The fourth-order valence-corrected chi connectivity index (χ4v) is 4.20. The molecule has 144 valence electrons. The summed E-state index contributed by atoms with van der Waals surface area (Å²) in [6.45, 7) is 3.06. The van der Waals surface area contributed by atoms with E-state index in [9.17, 15) is 0 Å². The van der Waals surface area contributed by atoms with E-state index in [-0.39, 0.29) is 0 Å². The summed E-state index contributed by atoms with van der Waals surface area (Å²) in [5.74, 6) is 1.49.